The third kappa shape index (κ3) is 0.956. The predicted molar refractivity (Wildman–Crippen MR) is 54.0 cm³/mol. The summed E-state index contributed by atoms with van der Waals surface area (Å²) in [6.07, 6.45) is 1.66. The van der Waals surface area contributed by atoms with Gasteiger partial charge in [-0.15, -0.1) is 5.10 Å². The molecule has 2 aliphatic heterocycles. The second kappa shape index (κ2) is 2.73. The molecule has 0 aliphatic carbocycles. The minimum absolute atomic E-state index is 0.866. The fourth-order valence-corrected chi connectivity index (χ4v) is 1.58. The maximum Gasteiger partial charge on any atom is 0.121 e. The molecule has 3 heteroatoms. The van der Waals surface area contributed by atoms with E-state index < -0.39 is 0 Å². The highest BCUT2D eigenvalue weighted by atomic mass is 15.1. The molecule has 1 aromatic rings. The van der Waals surface area contributed by atoms with Gasteiger partial charge in [-0.2, -0.15) is 5.10 Å². The van der Waals surface area contributed by atoms with Crippen LogP contribution >= 0.6 is 0 Å². The van der Waals surface area contributed by atoms with Crippen LogP contribution in [0.1, 0.15) is 0 Å². The first-order chi connectivity index (χ1) is 6.95. The molecule has 3 rings (SSSR count). The van der Waals surface area contributed by atoms with E-state index in [0.717, 1.165) is 22.3 Å². The molecular weight excluding hydrogens is 174 g/mol. The minimum atomic E-state index is 0.866. The molecule has 0 unspecified atom stereocenters. The average Bonchev–Trinajstić information content (AvgIpc) is 2.42. The van der Waals surface area contributed by atoms with Crippen molar-refractivity contribution in [3.63, 3.8) is 0 Å². The Morgan fingerprint density at radius 2 is 1.86 bits per heavy atom. The molecule has 0 N–H and O–H groups in total. The van der Waals surface area contributed by atoms with Crippen LogP contribution in [-0.4, -0.2) is 15.2 Å². The van der Waals surface area contributed by atoms with Gasteiger partial charge in [0.05, 0.1) is 11.2 Å². The van der Waals surface area contributed by atoms with Gasteiger partial charge in [-0.25, -0.2) is 4.98 Å². The lowest BCUT2D eigenvalue weighted by molar-refractivity contribution is 1.07. The second-order valence-electron chi connectivity index (χ2n) is 3.09. The van der Waals surface area contributed by atoms with E-state index in [1.54, 1.807) is 6.20 Å². The number of hydrogen-bond acceptors (Lipinski definition) is 3. The average molecular weight is 181 g/mol. The summed E-state index contributed by atoms with van der Waals surface area (Å²) in [6, 6.07) is 11.7. The van der Waals surface area contributed by atoms with Crippen LogP contribution in [-0.2, 0) is 0 Å². The highest BCUT2D eigenvalue weighted by Crippen LogP contribution is 2.26. The molecule has 2 heterocycles. The Morgan fingerprint density at radius 1 is 0.929 bits per heavy atom. The molecule has 66 valence electrons. The molecule has 0 atom stereocenters. The summed E-state index contributed by atoms with van der Waals surface area (Å²) in [7, 11) is 0. The van der Waals surface area contributed by atoms with Crippen LogP contribution in [0.2, 0.25) is 0 Å². The van der Waals surface area contributed by atoms with E-state index in [-0.39, 0.29) is 0 Å². The monoisotopic (exact) mass is 181 g/mol. The first kappa shape index (κ1) is 7.38. The number of benzene rings is 1. The summed E-state index contributed by atoms with van der Waals surface area (Å²) in [5, 5.41) is 9.09. The van der Waals surface area contributed by atoms with Gasteiger partial charge >= 0.3 is 0 Å². The van der Waals surface area contributed by atoms with Crippen molar-refractivity contribution < 1.29 is 0 Å². The van der Waals surface area contributed by atoms with Crippen LogP contribution in [0, 0.1) is 0 Å². The van der Waals surface area contributed by atoms with Crippen LogP contribution < -0.4 is 0 Å². The molecule has 0 bridgehead atoms. The highest BCUT2D eigenvalue weighted by Gasteiger charge is 2.10. The summed E-state index contributed by atoms with van der Waals surface area (Å²) in [5.74, 6) is 0. The van der Waals surface area contributed by atoms with Crippen LogP contribution in [0.5, 0.6) is 0 Å². The van der Waals surface area contributed by atoms with Crippen LogP contribution in [0.15, 0.2) is 42.6 Å². The first-order valence-electron chi connectivity index (χ1n) is 4.41. The Morgan fingerprint density at radius 3 is 2.86 bits per heavy atom. The van der Waals surface area contributed by atoms with E-state index in [1.807, 2.05) is 36.4 Å². The normalized spacial score (nSPS) is 10.9. The van der Waals surface area contributed by atoms with Gasteiger partial charge in [0.2, 0.25) is 0 Å². The van der Waals surface area contributed by atoms with Crippen LogP contribution in [0.3, 0.4) is 0 Å². The number of nitrogens with zero attached hydrogens (tertiary/aromatic N) is 3. The number of fused-ring (bicyclic) bond motifs is 3. The van der Waals surface area contributed by atoms with E-state index in [4.69, 9.17) is 0 Å². The zero-order valence-electron chi connectivity index (χ0n) is 7.38. The maximum atomic E-state index is 4.45. The van der Waals surface area contributed by atoms with Gasteiger partial charge in [-0.1, -0.05) is 18.2 Å². The van der Waals surface area contributed by atoms with Gasteiger partial charge in [-0.3, -0.25) is 0 Å². The number of hydrogen-bond donors (Lipinski definition) is 0. The van der Waals surface area contributed by atoms with Gasteiger partial charge in [0.15, 0.2) is 0 Å². The lowest BCUT2D eigenvalue weighted by Gasteiger charge is -1.86. The van der Waals surface area contributed by atoms with Crippen molar-refractivity contribution in [2.75, 3.05) is 0 Å². The molecule has 0 fully saturated rings. The zero-order valence-corrected chi connectivity index (χ0v) is 7.38. The summed E-state index contributed by atoms with van der Waals surface area (Å²) in [5.41, 5.74) is 2.73. The maximum absolute atomic E-state index is 4.45. The summed E-state index contributed by atoms with van der Waals surface area (Å²) < 4.78 is 0. The first-order valence-corrected chi connectivity index (χ1v) is 4.41. The molecule has 1 aromatic carbocycles. The Kier molecular flexibility index (Phi) is 1.44. The molecule has 3 nitrogen and oxygen atoms in total. The molecule has 0 aromatic heterocycles. The Labute approximate surface area is 80.8 Å². The predicted octanol–water partition coefficient (Wildman–Crippen LogP) is 2.13. The van der Waals surface area contributed by atoms with Crippen molar-refractivity contribution in [3.05, 3.63) is 42.6 Å². The topological polar surface area (TPSA) is 38.7 Å². The van der Waals surface area contributed by atoms with Gasteiger partial charge < -0.3 is 0 Å². The molecule has 0 spiro atoms. The van der Waals surface area contributed by atoms with E-state index in [2.05, 4.69) is 15.2 Å². The fourth-order valence-electron chi connectivity index (χ4n) is 1.58. The van der Waals surface area contributed by atoms with Crippen molar-refractivity contribution in [1.82, 2.24) is 15.2 Å². The fraction of sp³-hybridized carbons (Fsp3) is 0. The van der Waals surface area contributed by atoms with Gasteiger partial charge in [0.25, 0.3) is 0 Å². The highest BCUT2D eigenvalue weighted by molar-refractivity contribution is 5.94. The third-order valence-electron chi connectivity index (χ3n) is 2.21. The Hall–Kier alpha value is -2.03. The molecule has 14 heavy (non-hydrogen) atoms. The summed E-state index contributed by atoms with van der Waals surface area (Å²) in [4.78, 5) is 4.45. The van der Waals surface area contributed by atoms with E-state index in [9.17, 15) is 0 Å². The molecule has 0 saturated carbocycles. The molecular formula is C11H7N3. The molecule has 0 amide bonds. The summed E-state index contributed by atoms with van der Waals surface area (Å²) in [6.45, 7) is 0. The lowest BCUT2D eigenvalue weighted by atomic mass is 10.2. The van der Waals surface area contributed by atoms with Crippen molar-refractivity contribution in [3.8, 4) is 11.4 Å². The number of rotatable bonds is 0. The standard InChI is InChI=1S/C11H7N3/c1-2-5-9-8(4-1)11-10(13-9)6-3-7-12-14-11/h1-7H. The number of para-hydroxylation sites is 1. The smallest absolute Gasteiger partial charge is 0.121 e. The zero-order chi connectivity index (χ0) is 9.38. The largest absolute Gasteiger partial charge is 0.246 e. The Balaban J connectivity index is 2.52. The van der Waals surface area contributed by atoms with Crippen molar-refractivity contribution >= 4 is 10.9 Å². The quantitative estimate of drug-likeness (QED) is 0.533. The molecule has 2 aliphatic rings. The van der Waals surface area contributed by atoms with E-state index in [1.165, 1.54) is 0 Å². The van der Waals surface area contributed by atoms with Gasteiger partial charge in [0.1, 0.15) is 5.69 Å². The summed E-state index contributed by atoms with van der Waals surface area (Å²) >= 11 is 0. The third-order valence-corrected chi connectivity index (χ3v) is 2.21. The minimum Gasteiger partial charge on any atom is -0.246 e. The molecule has 0 radical (unpaired) electrons. The van der Waals surface area contributed by atoms with Gasteiger partial charge in [-0.05, 0) is 18.2 Å². The molecule has 0 saturated heterocycles. The van der Waals surface area contributed by atoms with E-state index in [0.29, 0.717) is 0 Å². The van der Waals surface area contributed by atoms with E-state index >= 15 is 0 Å². The SMILES string of the molecule is c1cnnc2c3ccccc3nc-2c1. The lowest BCUT2D eigenvalue weighted by Crippen LogP contribution is -1.76. The van der Waals surface area contributed by atoms with Gasteiger partial charge in [0, 0.05) is 11.6 Å². The number of aromatic nitrogens is 3. The van der Waals surface area contributed by atoms with Crippen LogP contribution in [0.4, 0.5) is 0 Å². The Bertz CT molecular complexity index is 562. The van der Waals surface area contributed by atoms with Crippen molar-refractivity contribution in [1.29, 1.82) is 0 Å². The van der Waals surface area contributed by atoms with Crippen molar-refractivity contribution in [2.45, 2.75) is 0 Å². The van der Waals surface area contributed by atoms with Crippen LogP contribution in [0.25, 0.3) is 22.3 Å². The second-order valence-corrected chi connectivity index (χ2v) is 3.09. The van der Waals surface area contributed by atoms with Crippen molar-refractivity contribution in [2.24, 2.45) is 0 Å².